The summed E-state index contributed by atoms with van der Waals surface area (Å²) >= 11 is 3.18. The van der Waals surface area contributed by atoms with Gasteiger partial charge in [-0.2, -0.15) is 0 Å². The van der Waals surface area contributed by atoms with E-state index in [0.29, 0.717) is 0 Å². The molecule has 3 aromatic rings. The van der Waals surface area contributed by atoms with E-state index in [1.807, 2.05) is 43.3 Å². The van der Waals surface area contributed by atoms with E-state index in [4.69, 9.17) is 10.9 Å². The Kier molecular flexibility index (Phi) is 3.81. The second kappa shape index (κ2) is 5.75. The minimum atomic E-state index is 0.113. The maximum Gasteiger partial charge on any atom is 0.171 e. The van der Waals surface area contributed by atoms with Gasteiger partial charge in [-0.15, -0.1) is 11.3 Å². The maximum atomic E-state index is 8.92. The fourth-order valence-electron chi connectivity index (χ4n) is 2.03. The number of oxime groups is 1. The normalized spacial score (nSPS) is 12.0. The van der Waals surface area contributed by atoms with E-state index in [9.17, 15) is 0 Å². The zero-order valence-corrected chi connectivity index (χ0v) is 12.9. The number of nitrogens with zero attached hydrogens (tertiary/aromatic N) is 2. The highest BCUT2D eigenvalue weighted by Crippen LogP contribution is 2.37. The lowest BCUT2D eigenvalue weighted by molar-refractivity contribution is 0.318. The molecule has 0 amide bonds. The Morgan fingerprint density at radius 2 is 2.05 bits per heavy atom. The molecule has 3 N–H and O–H groups in total. The average Bonchev–Trinajstić information content (AvgIpc) is 2.91. The number of aryl methyl sites for hydroxylation is 1. The number of fused-ring (bicyclic) bond motifs is 1. The molecule has 6 heteroatoms. The Hall–Kier alpha value is -2.05. The minimum Gasteiger partial charge on any atom is -0.409 e. The summed E-state index contributed by atoms with van der Waals surface area (Å²) in [5, 5.41) is 12.0. The van der Waals surface area contributed by atoms with Crippen LogP contribution in [0.25, 0.3) is 10.2 Å². The van der Waals surface area contributed by atoms with Crippen LogP contribution in [0.5, 0.6) is 0 Å². The monoisotopic (exact) mass is 315 g/mol. The highest BCUT2D eigenvalue weighted by molar-refractivity contribution is 8.01. The third kappa shape index (κ3) is 2.72. The largest absolute Gasteiger partial charge is 0.409 e. The summed E-state index contributed by atoms with van der Waals surface area (Å²) in [6, 6.07) is 13.8. The van der Waals surface area contributed by atoms with Gasteiger partial charge in [0.15, 0.2) is 10.2 Å². The van der Waals surface area contributed by atoms with Crippen LogP contribution in [-0.4, -0.2) is 16.0 Å². The Bertz CT molecular complexity index is 794. The molecule has 0 atom stereocenters. The van der Waals surface area contributed by atoms with E-state index >= 15 is 0 Å². The molecule has 1 aromatic heterocycles. The number of rotatable bonds is 3. The molecular weight excluding hydrogens is 302 g/mol. The van der Waals surface area contributed by atoms with Crippen molar-refractivity contribution in [1.29, 1.82) is 0 Å². The third-order valence-corrected chi connectivity index (χ3v) is 5.40. The van der Waals surface area contributed by atoms with Gasteiger partial charge in [0.25, 0.3) is 0 Å². The summed E-state index contributed by atoms with van der Waals surface area (Å²) in [6.45, 7) is 2.00. The number of thiazole rings is 1. The first kappa shape index (κ1) is 13.9. The van der Waals surface area contributed by atoms with Gasteiger partial charge in [0.2, 0.25) is 0 Å². The lowest BCUT2D eigenvalue weighted by atomic mass is 10.1. The van der Waals surface area contributed by atoms with E-state index in [1.54, 1.807) is 23.1 Å². The molecule has 0 fully saturated rings. The van der Waals surface area contributed by atoms with Gasteiger partial charge in [0.1, 0.15) is 0 Å². The first-order chi connectivity index (χ1) is 10.2. The van der Waals surface area contributed by atoms with E-state index in [0.717, 1.165) is 30.6 Å². The van der Waals surface area contributed by atoms with Crippen LogP contribution in [0, 0.1) is 6.92 Å². The van der Waals surface area contributed by atoms with Crippen molar-refractivity contribution >= 4 is 39.2 Å². The topological polar surface area (TPSA) is 71.5 Å². The predicted molar refractivity (Wildman–Crippen MR) is 87.4 cm³/mol. The van der Waals surface area contributed by atoms with Gasteiger partial charge in [-0.1, -0.05) is 41.2 Å². The minimum absolute atomic E-state index is 0.113. The van der Waals surface area contributed by atoms with Crippen LogP contribution in [0.15, 0.2) is 56.9 Å². The van der Waals surface area contributed by atoms with Crippen LogP contribution in [-0.2, 0) is 0 Å². The molecule has 0 aliphatic carbocycles. The molecule has 2 aromatic carbocycles. The Balaban J connectivity index is 2.05. The second-order valence-corrected chi connectivity index (χ2v) is 6.77. The van der Waals surface area contributed by atoms with E-state index in [2.05, 4.69) is 16.2 Å². The molecule has 0 unspecified atom stereocenters. The van der Waals surface area contributed by atoms with Crippen LogP contribution in [0.4, 0.5) is 0 Å². The number of amidine groups is 1. The number of benzene rings is 2. The second-order valence-electron chi connectivity index (χ2n) is 4.49. The van der Waals surface area contributed by atoms with Gasteiger partial charge in [0, 0.05) is 10.5 Å². The smallest absolute Gasteiger partial charge is 0.171 e. The standard InChI is InChI=1S/C15H13N3OS2/c1-9-5-4-6-10(14(16)18-19)13(9)21-15-17-11-7-2-3-8-12(11)20-15/h2-8,19H,1H3,(H2,16,18). The van der Waals surface area contributed by atoms with Gasteiger partial charge in [-0.25, -0.2) is 4.98 Å². The maximum absolute atomic E-state index is 8.92. The van der Waals surface area contributed by atoms with Gasteiger partial charge >= 0.3 is 0 Å². The van der Waals surface area contributed by atoms with Crippen LogP contribution >= 0.6 is 23.1 Å². The van der Waals surface area contributed by atoms with Gasteiger partial charge in [-0.05, 0) is 30.7 Å². The first-order valence-corrected chi connectivity index (χ1v) is 7.93. The third-order valence-electron chi connectivity index (χ3n) is 3.06. The molecule has 1 heterocycles. The average molecular weight is 315 g/mol. The Morgan fingerprint density at radius 3 is 2.81 bits per heavy atom. The molecule has 0 radical (unpaired) electrons. The molecule has 0 spiro atoms. The summed E-state index contributed by atoms with van der Waals surface area (Å²) in [6.07, 6.45) is 0. The summed E-state index contributed by atoms with van der Waals surface area (Å²) in [5.74, 6) is 0.113. The van der Waals surface area contributed by atoms with Crippen molar-refractivity contribution < 1.29 is 5.21 Å². The molecule has 21 heavy (non-hydrogen) atoms. The predicted octanol–water partition coefficient (Wildman–Crippen LogP) is 3.85. The zero-order chi connectivity index (χ0) is 14.8. The number of nitrogens with two attached hydrogens (primary N) is 1. The summed E-state index contributed by atoms with van der Waals surface area (Å²) in [5.41, 5.74) is 8.55. The van der Waals surface area contributed by atoms with E-state index < -0.39 is 0 Å². The van der Waals surface area contributed by atoms with Crippen LogP contribution in [0.3, 0.4) is 0 Å². The number of hydrogen-bond acceptors (Lipinski definition) is 5. The lowest BCUT2D eigenvalue weighted by Gasteiger charge is -2.09. The molecular formula is C15H13N3OS2. The Labute approximate surface area is 130 Å². The van der Waals surface area contributed by atoms with Gasteiger partial charge < -0.3 is 10.9 Å². The van der Waals surface area contributed by atoms with Crippen molar-refractivity contribution in [3.05, 3.63) is 53.6 Å². The van der Waals surface area contributed by atoms with Crippen molar-refractivity contribution in [3.8, 4) is 0 Å². The molecule has 3 rings (SSSR count). The van der Waals surface area contributed by atoms with Crippen molar-refractivity contribution in [2.75, 3.05) is 0 Å². The lowest BCUT2D eigenvalue weighted by Crippen LogP contribution is -2.14. The molecule has 4 nitrogen and oxygen atoms in total. The zero-order valence-electron chi connectivity index (χ0n) is 11.3. The number of aromatic nitrogens is 1. The molecule has 106 valence electrons. The molecule has 0 aliphatic rings. The van der Waals surface area contributed by atoms with Crippen molar-refractivity contribution in [2.45, 2.75) is 16.2 Å². The van der Waals surface area contributed by atoms with Crippen LogP contribution in [0.2, 0.25) is 0 Å². The highest BCUT2D eigenvalue weighted by Gasteiger charge is 2.13. The molecule has 0 saturated carbocycles. The Morgan fingerprint density at radius 1 is 1.24 bits per heavy atom. The fraction of sp³-hybridized carbons (Fsp3) is 0.0667. The van der Waals surface area contributed by atoms with E-state index in [1.165, 1.54) is 0 Å². The van der Waals surface area contributed by atoms with Crippen LogP contribution in [0.1, 0.15) is 11.1 Å². The van der Waals surface area contributed by atoms with Gasteiger partial charge in [0.05, 0.1) is 10.2 Å². The van der Waals surface area contributed by atoms with Crippen molar-refractivity contribution in [2.24, 2.45) is 10.9 Å². The van der Waals surface area contributed by atoms with Gasteiger partial charge in [-0.3, -0.25) is 0 Å². The number of para-hydroxylation sites is 1. The van der Waals surface area contributed by atoms with Crippen molar-refractivity contribution in [1.82, 2.24) is 4.98 Å². The summed E-state index contributed by atoms with van der Waals surface area (Å²) in [7, 11) is 0. The van der Waals surface area contributed by atoms with E-state index in [-0.39, 0.29) is 5.84 Å². The fourth-order valence-corrected chi connectivity index (χ4v) is 4.24. The molecule has 0 aliphatic heterocycles. The molecule has 0 saturated heterocycles. The highest BCUT2D eigenvalue weighted by atomic mass is 32.2. The SMILES string of the molecule is Cc1cccc(/C(N)=N/O)c1Sc1nc2ccccc2s1. The summed E-state index contributed by atoms with van der Waals surface area (Å²) in [4.78, 5) is 5.58. The quantitative estimate of drug-likeness (QED) is 0.333. The number of hydrogen-bond donors (Lipinski definition) is 2. The molecule has 0 bridgehead atoms. The van der Waals surface area contributed by atoms with Crippen LogP contribution < -0.4 is 5.73 Å². The van der Waals surface area contributed by atoms with Crippen molar-refractivity contribution in [3.63, 3.8) is 0 Å². The summed E-state index contributed by atoms with van der Waals surface area (Å²) < 4.78 is 2.09. The first-order valence-electron chi connectivity index (χ1n) is 6.30.